The van der Waals surface area contributed by atoms with Crippen LogP contribution in [0.5, 0.6) is 0 Å². The minimum Gasteiger partial charge on any atom is -0.378 e. The molecule has 4 heteroatoms. The first-order valence-electron chi connectivity index (χ1n) is 6.05. The van der Waals surface area contributed by atoms with Crippen LogP contribution in [0.25, 0.3) is 0 Å². The highest BCUT2D eigenvalue weighted by atomic mass is 16.5. The summed E-state index contributed by atoms with van der Waals surface area (Å²) in [6.07, 6.45) is 4.14. The summed E-state index contributed by atoms with van der Waals surface area (Å²) in [5, 5.41) is 12.0. The Morgan fingerprint density at radius 2 is 2.47 bits per heavy atom. The first-order chi connectivity index (χ1) is 8.33. The van der Waals surface area contributed by atoms with Gasteiger partial charge in [0.05, 0.1) is 11.7 Å². The second kappa shape index (κ2) is 5.65. The summed E-state index contributed by atoms with van der Waals surface area (Å²) in [5.74, 6) is 1.39. The van der Waals surface area contributed by atoms with Gasteiger partial charge in [-0.25, -0.2) is 4.98 Å². The predicted octanol–water partition coefficient (Wildman–Crippen LogP) is 2.18. The number of anilines is 1. The van der Waals surface area contributed by atoms with E-state index in [1.165, 1.54) is 0 Å². The van der Waals surface area contributed by atoms with Gasteiger partial charge >= 0.3 is 0 Å². The Morgan fingerprint density at radius 3 is 3.12 bits per heavy atom. The topological polar surface area (TPSA) is 57.9 Å². The van der Waals surface area contributed by atoms with Crippen molar-refractivity contribution < 1.29 is 4.74 Å². The number of nitrogens with one attached hydrogen (secondary N) is 1. The number of pyridine rings is 1. The first kappa shape index (κ1) is 11.9. The van der Waals surface area contributed by atoms with Gasteiger partial charge in [-0.1, -0.05) is 6.92 Å². The molecule has 1 saturated heterocycles. The van der Waals surface area contributed by atoms with Gasteiger partial charge in [0.25, 0.3) is 0 Å². The molecule has 1 aromatic rings. The molecule has 0 radical (unpaired) electrons. The van der Waals surface area contributed by atoms with Crippen molar-refractivity contribution in [1.29, 1.82) is 5.26 Å². The van der Waals surface area contributed by atoms with E-state index in [0.29, 0.717) is 17.6 Å². The van der Waals surface area contributed by atoms with E-state index in [1.807, 2.05) is 6.07 Å². The molecule has 2 atom stereocenters. The molecule has 17 heavy (non-hydrogen) atoms. The molecule has 2 unspecified atom stereocenters. The van der Waals surface area contributed by atoms with Gasteiger partial charge in [-0.3, -0.25) is 0 Å². The van der Waals surface area contributed by atoms with Crippen molar-refractivity contribution >= 4 is 5.82 Å². The average molecular weight is 231 g/mol. The van der Waals surface area contributed by atoms with Crippen LogP contribution in [0.4, 0.5) is 5.82 Å². The largest absolute Gasteiger partial charge is 0.378 e. The third-order valence-electron chi connectivity index (χ3n) is 3.19. The van der Waals surface area contributed by atoms with Gasteiger partial charge in [0.1, 0.15) is 11.9 Å². The molecule has 0 aromatic carbocycles. The molecule has 0 saturated carbocycles. The summed E-state index contributed by atoms with van der Waals surface area (Å²) in [4.78, 5) is 4.19. The molecule has 1 aliphatic rings. The molecule has 90 valence electrons. The number of ether oxygens (including phenoxy) is 1. The van der Waals surface area contributed by atoms with Crippen LogP contribution in [-0.2, 0) is 4.74 Å². The van der Waals surface area contributed by atoms with Crippen molar-refractivity contribution in [2.75, 3.05) is 18.5 Å². The van der Waals surface area contributed by atoms with Crippen LogP contribution in [0.2, 0.25) is 0 Å². The normalized spacial score (nSPS) is 23.3. The number of nitriles is 1. The van der Waals surface area contributed by atoms with E-state index in [1.54, 1.807) is 12.3 Å². The minimum atomic E-state index is 0.376. The monoisotopic (exact) mass is 231 g/mol. The lowest BCUT2D eigenvalue weighted by molar-refractivity contribution is 0.0900. The summed E-state index contributed by atoms with van der Waals surface area (Å²) in [7, 11) is 0. The van der Waals surface area contributed by atoms with E-state index in [-0.39, 0.29) is 0 Å². The molecule has 1 fully saturated rings. The third kappa shape index (κ3) is 2.95. The molecule has 0 aliphatic carbocycles. The standard InChI is InChI=1S/C13H17N3O/c1-2-12-11(5-6-17-12)9-16-13-4-3-10(7-14)8-15-13/h3-4,8,11-12H,2,5-6,9H2,1H3,(H,15,16). The Kier molecular flexibility index (Phi) is 3.94. The number of aromatic nitrogens is 1. The first-order valence-corrected chi connectivity index (χ1v) is 6.05. The number of hydrogen-bond acceptors (Lipinski definition) is 4. The highest BCUT2D eigenvalue weighted by Crippen LogP contribution is 2.23. The fourth-order valence-electron chi connectivity index (χ4n) is 2.18. The lowest BCUT2D eigenvalue weighted by Crippen LogP contribution is -2.23. The van der Waals surface area contributed by atoms with E-state index >= 15 is 0 Å². The molecule has 0 bridgehead atoms. The second-order valence-corrected chi connectivity index (χ2v) is 4.29. The second-order valence-electron chi connectivity index (χ2n) is 4.29. The van der Waals surface area contributed by atoms with E-state index in [4.69, 9.17) is 10.00 Å². The summed E-state index contributed by atoms with van der Waals surface area (Å²) < 4.78 is 5.64. The van der Waals surface area contributed by atoms with E-state index in [2.05, 4.69) is 23.3 Å². The number of rotatable bonds is 4. The van der Waals surface area contributed by atoms with Crippen molar-refractivity contribution in [2.45, 2.75) is 25.9 Å². The molecule has 2 heterocycles. The van der Waals surface area contributed by atoms with Gasteiger partial charge < -0.3 is 10.1 Å². The van der Waals surface area contributed by atoms with Crippen LogP contribution in [0, 0.1) is 17.2 Å². The summed E-state index contributed by atoms with van der Waals surface area (Å²) in [6, 6.07) is 5.68. The molecule has 1 aliphatic heterocycles. The van der Waals surface area contributed by atoms with Crippen LogP contribution in [0.3, 0.4) is 0 Å². The molecular formula is C13H17N3O. The Hall–Kier alpha value is -1.60. The summed E-state index contributed by atoms with van der Waals surface area (Å²) >= 11 is 0. The molecular weight excluding hydrogens is 214 g/mol. The minimum absolute atomic E-state index is 0.376. The maximum absolute atomic E-state index is 8.67. The van der Waals surface area contributed by atoms with Crippen molar-refractivity contribution in [3.8, 4) is 6.07 Å². The maximum Gasteiger partial charge on any atom is 0.125 e. The zero-order chi connectivity index (χ0) is 12.1. The fraction of sp³-hybridized carbons (Fsp3) is 0.538. The molecule has 0 spiro atoms. The van der Waals surface area contributed by atoms with Crippen LogP contribution < -0.4 is 5.32 Å². The zero-order valence-corrected chi connectivity index (χ0v) is 10.0. The van der Waals surface area contributed by atoms with Gasteiger partial charge in [-0.05, 0) is 25.0 Å². The third-order valence-corrected chi connectivity index (χ3v) is 3.19. The predicted molar refractivity (Wildman–Crippen MR) is 65.6 cm³/mol. The average Bonchev–Trinajstić information content (AvgIpc) is 2.84. The molecule has 4 nitrogen and oxygen atoms in total. The van der Waals surface area contributed by atoms with Crippen molar-refractivity contribution in [2.24, 2.45) is 5.92 Å². The van der Waals surface area contributed by atoms with Gasteiger partial charge in [0.2, 0.25) is 0 Å². The lowest BCUT2D eigenvalue weighted by Gasteiger charge is -2.17. The van der Waals surface area contributed by atoms with E-state index in [0.717, 1.165) is 31.8 Å². The van der Waals surface area contributed by atoms with Crippen LogP contribution in [0.1, 0.15) is 25.3 Å². The lowest BCUT2D eigenvalue weighted by atomic mass is 10.00. The smallest absolute Gasteiger partial charge is 0.125 e. The van der Waals surface area contributed by atoms with Crippen molar-refractivity contribution in [3.05, 3.63) is 23.9 Å². The van der Waals surface area contributed by atoms with Gasteiger partial charge in [-0.15, -0.1) is 0 Å². The maximum atomic E-state index is 8.67. The van der Waals surface area contributed by atoms with E-state index in [9.17, 15) is 0 Å². The van der Waals surface area contributed by atoms with Crippen molar-refractivity contribution in [3.63, 3.8) is 0 Å². The van der Waals surface area contributed by atoms with Crippen LogP contribution in [0.15, 0.2) is 18.3 Å². The highest BCUT2D eigenvalue weighted by Gasteiger charge is 2.26. The quantitative estimate of drug-likeness (QED) is 0.862. The van der Waals surface area contributed by atoms with Crippen molar-refractivity contribution in [1.82, 2.24) is 4.98 Å². The molecule has 0 amide bonds. The van der Waals surface area contributed by atoms with Gasteiger partial charge in [-0.2, -0.15) is 5.26 Å². The molecule has 2 rings (SSSR count). The number of nitrogens with zero attached hydrogens (tertiary/aromatic N) is 2. The summed E-state index contributed by atoms with van der Waals surface area (Å²) in [5.41, 5.74) is 0.589. The Morgan fingerprint density at radius 1 is 1.59 bits per heavy atom. The highest BCUT2D eigenvalue weighted by molar-refractivity contribution is 5.38. The van der Waals surface area contributed by atoms with E-state index < -0.39 is 0 Å². The SMILES string of the molecule is CCC1OCCC1CNc1ccc(C#N)cn1. The Labute approximate surface area is 102 Å². The fourth-order valence-corrected chi connectivity index (χ4v) is 2.18. The summed E-state index contributed by atoms with van der Waals surface area (Å²) in [6.45, 7) is 3.91. The van der Waals surface area contributed by atoms with Gasteiger partial charge in [0, 0.05) is 25.3 Å². The zero-order valence-electron chi connectivity index (χ0n) is 10.0. The number of hydrogen-bond donors (Lipinski definition) is 1. The van der Waals surface area contributed by atoms with Crippen LogP contribution in [-0.4, -0.2) is 24.2 Å². The van der Waals surface area contributed by atoms with Gasteiger partial charge in [0.15, 0.2) is 0 Å². The molecule has 1 N–H and O–H groups in total. The Bertz CT molecular complexity index is 396. The Balaban J connectivity index is 1.87. The molecule has 1 aromatic heterocycles. The van der Waals surface area contributed by atoms with Crippen LogP contribution >= 0.6 is 0 Å².